The van der Waals surface area contributed by atoms with E-state index in [0.717, 1.165) is 30.8 Å². The topological polar surface area (TPSA) is 77.2 Å². The highest BCUT2D eigenvalue weighted by Crippen LogP contribution is 2.21. The molecular weight excluding hydrogens is 317 g/mol. The van der Waals surface area contributed by atoms with Crippen LogP contribution in [0.3, 0.4) is 0 Å². The molecule has 0 aliphatic heterocycles. The summed E-state index contributed by atoms with van der Waals surface area (Å²) in [5.41, 5.74) is 0.883. The first-order valence-corrected chi connectivity index (χ1v) is 8.90. The summed E-state index contributed by atoms with van der Waals surface area (Å²) in [6.45, 7) is 9.18. The summed E-state index contributed by atoms with van der Waals surface area (Å²) in [5.74, 6) is 1.98. The van der Waals surface area contributed by atoms with Gasteiger partial charge in [-0.15, -0.1) is 0 Å². The molecule has 0 saturated carbocycles. The smallest absolute Gasteiger partial charge is 0.323 e. The molecule has 0 radical (unpaired) electrons. The molecule has 7 nitrogen and oxygen atoms in total. The molecule has 0 N–H and O–H groups in total. The molecule has 136 valence electrons. The van der Waals surface area contributed by atoms with Crippen molar-refractivity contribution in [2.75, 3.05) is 18.5 Å². The van der Waals surface area contributed by atoms with Crippen LogP contribution in [0.15, 0.2) is 16.9 Å². The summed E-state index contributed by atoms with van der Waals surface area (Å²) >= 11 is 0. The third-order valence-corrected chi connectivity index (χ3v) is 4.36. The molecule has 0 spiro atoms. The Morgan fingerprint density at radius 3 is 2.56 bits per heavy atom. The second-order valence-corrected chi connectivity index (χ2v) is 6.79. The summed E-state index contributed by atoms with van der Waals surface area (Å²) in [6.07, 6.45) is 5.45. The lowest BCUT2D eigenvalue weighted by Gasteiger charge is -2.25. The van der Waals surface area contributed by atoms with Gasteiger partial charge in [0.15, 0.2) is 13.7 Å². The van der Waals surface area contributed by atoms with E-state index < -0.39 is 0 Å². The van der Waals surface area contributed by atoms with Gasteiger partial charge in [-0.05, 0) is 25.7 Å². The Balaban J connectivity index is 1.88. The normalized spacial score (nSPS) is 13.7. The van der Waals surface area contributed by atoms with Crippen LogP contribution in [0.4, 0.5) is 6.01 Å². The number of ether oxygens (including phenoxy) is 1. The van der Waals surface area contributed by atoms with Gasteiger partial charge in [-0.25, -0.2) is 4.98 Å². The van der Waals surface area contributed by atoms with Crippen LogP contribution in [0, 0.1) is 5.92 Å². The van der Waals surface area contributed by atoms with Crippen LogP contribution in [0.5, 0.6) is 5.88 Å². The fourth-order valence-corrected chi connectivity index (χ4v) is 2.57. The number of nitrogens with zero attached hydrogens (tertiary/aromatic N) is 5. The molecule has 25 heavy (non-hydrogen) atoms. The quantitative estimate of drug-likeness (QED) is 0.638. The van der Waals surface area contributed by atoms with Crippen molar-refractivity contribution in [2.45, 2.75) is 52.6 Å². The fourth-order valence-electron chi connectivity index (χ4n) is 2.57. The Labute approximate surface area is 150 Å². The van der Waals surface area contributed by atoms with Crippen molar-refractivity contribution >= 4 is 19.5 Å². The molecule has 0 fully saturated rings. The summed E-state index contributed by atoms with van der Waals surface area (Å²) in [5, 5.41) is 4.01. The second-order valence-electron chi connectivity index (χ2n) is 6.79. The maximum absolute atomic E-state index is 5.95. The molecule has 0 aromatic carbocycles. The monoisotopic (exact) mass is 345 g/mol. The van der Waals surface area contributed by atoms with Crippen LogP contribution in [0.1, 0.15) is 52.3 Å². The maximum atomic E-state index is 5.95. The van der Waals surface area contributed by atoms with Gasteiger partial charge >= 0.3 is 6.01 Å². The van der Waals surface area contributed by atoms with E-state index in [1.807, 2.05) is 19.8 Å². The standard InChI is InChI=1S/C17H28BN5O2/c1-6-13(12(4)24-15-10-19-14(18)9-20-15)7-8-23(5)17-21-16(11(2)3)22-25-17/h9-13H,6-8,18H2,1-5H3/t12-,13?/m0/s1. The van der Waals surface area contributed by atoms with E-state index in [1.165, 1.54) is 0 Å². The highest BCUT2D eigenvalue weighted by Gasteiger charge is 2.20. The molecule has 2 aromatic heterocycles. The zero-order valence-corrected chi connectivity index (χ0v) is 16.1. The minimum Gasteiger partial charge on any atom is -0.473 e. The molecule has 0 bridgehead atoms. The summed E-state index contributed by atoms with van der Waals surface area (Å²) in [6, 6.07) is 0.566. The zero-order chi connectivity index (χ0) is 18.4. The van der Waals surface area contributed by atoms with Gasteiger partial charge < -0.3 is 14.2 Å². The number of anilines is 1. The van der Waals surface area contributed by atoms with Gasteiger partial charge in [0, 0.05) is 31.3 Å². The van der Waals surface area contributed by atoms with Crippen LogP contribution >= 0.6 is 0 Å². The third-order valence-electron chi connectivity index (χ3n) is 4.36. The van der Waals surface area contributed by atoms with Crippen molar-refractivity contribution in [3.63, 3.8) is 0 Å². The highest BCUT2D eigenvalue weighted by atomic mass is 16.5. The molecule has 0 aliphatic carbocycles. The molecule has 8 heteroatoms. The van der Waals surface area contributed by atoms with Crippen LogP contribution < -0.4 is 15.2 Å². The Morgan fingerprint density at radius 1 is 1.24 bits per heavy atom. The number of aromatic nitrogens is 4. The van der Waals surface area contributed by atoms with Crippen LogP contribution in [-0.2, 0) is 0 Å². The van der Waals surface area contributed by atoms with Crippen molar-refractivity contribution in [3.8, 4) is 5.88 Å². The van der Waals surface area contributed by atoms with E-state index in [4.69, 9.17) is 9.26 Å². The Kier molecular flexibility index (Phi) is 6.78. The summed E-state index contributed by atoms with van der Waals surface area (Å²) < 4.78 is 11.3. The van der Waals surface area contributed by atoms with Gasteiger partial charge in [0.2, 0.25) is 5.88 Å². The number of rotatable bonds is 9. The number of hydrogen-bond donors (Lipinski definition) is 0. The Morgan fingerprint density at radius 2 is 2.00 bits per heavy atom. The van der Waals surface area contributed by atoms with Crippen LogP contribution in [0.25, 0.3) is 0 Å². The first kappa shape index (κ1) is 19.2. The lowest BCUT2D eigenvalue weighted by molar-refractivity contribution is 0.136. The van der Waals surface area contributed by atoms with Gasteiger partial charge in [0.05, 0.1) is 6.20 Å². The van der Waals surface area contributed by atoms with E-state index in [2.05, 4.69) is 47.8 Å². The largest absolute Gasteiger partial charge is 0.473 e. The van der Waals surface area contributed by atoms with Gasteiger partial charge in [-0.1, -0.05) is 25.9 Å². The average Bonchev–Trinajstić information content (AvgIpc) is 3.08. The van der Waals surface area contributed by atoms with E-state index in [-0.39, 0.29) is 12.0 Å². The van der Waals surface area contributed by atoms with Gasteiger partial charge in [0.1, 0.15) is 6.10 Å². The Bertz CT molecular complexity index is 647. The minimum absolute atomic E-state index is 0.0596. The van der Waals surface area contributed by atoms with E-state index in [1.54, 1.807) is 12.4 Å². The van der Waals surface area contributed by atoms with Crippen molar-refractivity contribution in [1.29, 1.82) is 0 Å². The molecule has 0 amide bonds. The van der Waals surface area contributed by atoms with Gasteiger partial charge in [0.25, 0.3) is 0 Å². The summed E-state index contributed by atoms with van der Waals surface area (Å²) in [4.78, 5) is 14.9. The average molecular weight is 345 g/mol. The number of hydrogen-bond acceptors (Lipinski definition) is 7. The van der Waals surface area contributed by atoms with Crippen molar-refractivity contribution in [3.05, 3.63) is 18.2 Å². The lowest BCUT2D eigenvalue weighted by atomic mass is 9.96. The molecular formula is C17H28BN5O2. The van der Waals surface area contributed by atoms with E-state index >= 15 is 0 Å². The van der Waals surface area contributed by atoms with Crippen LogP contribution in [0.2, 0.25) is 0 Å². The lowest BCUT2D eigenvalue weighted by Crippen LogP contribution is -2.29. The SMILES string of the molecule is Bc1cnc(O[C@@H](C)C(CC)CCN(C)c2nc(C(C)C)no2)cn1. The Hall–Kier alpha value is -2.12. The van der Waals surface area contributed by atoms with Crippen LogP contribution in [-0.4, -0.2) is 47.7 Å². The zero-order valence-electron chi connectivity index (χ0n) is 16.1. The van der Waals surface area contributed by atoms with Gasteiger partial charge in [-0.3, -0.25) is 4.98 Å². The van der Waals surface area contributed by atoms with Crippen molar-refractivity contribution in [1.82, 2.24) is 20.1 Å². The molecule has 2 aromatic rings. The molecule has 1 unspecified atom stereocenters. The minimum atomic E-state index is 0.0596. The molecule has 0 aliphatic rings. The van der Waals surface area contributed by atoms with Crippen molar-refractivity contribution < 1.29 is 9.26 Å². The molecule has 2 rings (SSSR count). The predicted octanol–water partition coefficient (Wildman–Crippen LogP) is 1.56. The fraction of sp³-hybridized carbons (Fsp3) is 0.647. The molecule has 2 atom stereocenters. The first-order valence-electron chi connectivity index (χ1n) is 8.90. The predicted molar refractivity (Wildman–Crippen MR) is 100 cm³/mol. The van der Waals surface area contributed by atoms with E-state index in [0.29, 0.717) is 17.8 Å². The first-order chi connectivity index (χ1) is 11.9. The van der Waals surface area contributed by atoms with E-state index in [9.17, 15) is 0 Å². The van der Waals surface area contributed by atoms with Crippen molar-refractivity contribution in [2.24, 2.45) is 5.92 Å². The third kappa shape index (κ3) is 5.44. The maximum Gasteiger partial charge on any atom is 0.323 e. The highest BCUT2D eigenvalue weighted by molar-refractivity contribution is 6.30. The molecule has 0 saturated heterocycles. The second kappa shape index (κ2) is 8.83. The molecule has 2 heterocycles. The van der Waals surface area contributed by atoms with Gasteiger partial charge in [-0.2, -0.15) is 4.98 Å². The summed E-state index contributed by atoms with van der Waals surface area (Å²) in [7, 11) is 3.88.